The van der Waals surface area contributed by atoms with Crippen LogP contribution in [0, 0.1) is 0 Å². The quantitative estimate of drug-likeness (QED) is 0.636. The summed E-state index contributed by atoms with van der Waals surface area (Å²) in [6, 6.07) is 10.7. The first-order valence-corrected chi connectivity index (χ1v) is 9.26. The van der Waals surface area contributed by atoms with Crippen LogP contribution < -0.4 is 0 Å². The van der Waals surface area contributed by atoms with Gasteiger partial charge in [0.25, 0.3) is 0 Å². The molecule has 0 spiro atoms. The second-order valence-corrected chi connectivity index (χ2v) is 7.20. The summed E-state index contributed by atoms with van der Waals surface area (Å²) in [4.78, 5) is 13.9. The number of halogens is 3. The molecule has 4 rings (SSSR count). The number of alkyl halides is 3. The zero-order valence-electron chi connectivity index (χ0n) is 14.0. The number of aromatic nitrogens is 1. The maximum atomic E-state index is 13.3. The van der Waals surface area contributed by atoms with Gasteiger partial charge >= 0.3 is 6.18 Å². The first-order valence-electron chi connectivity index (χ1n) is 8.21. The lowest BCUT2D eigenvalue weighted by atomic mass is 10.1. The van der Waals surface area contributed by atoms with Crippen molar-refractivity contribution in [2.75, 3.05) is 5.75 Å². The summed E-state index contributed by atoms with van der Waals surface area (Å²) in [5.41, 5.74) is 0.132. The number of carbonyl (C=O) groups is 1. The van der Waals surface area contributed by atoms with Gasteiger partial charge in [-0.15, -0.1) is 11.8 Å². The van der Waals surface area contributed by atoms with E-state index in [-0.39, 0.29) is 17.0 Å². The Labute approximate surface area is 157 Å². The average molecular weight is 392 g/mol. The molecule has 1 saturated heterocycles. The van der Waals surface area contributed by atoms with Crippen LogP contribution in [0.3, 0.4) is 0 Å². The van der Waals surface area contributed by atoms with Crippen molar-refractivity contribution >= 4 is 17.7 Å². The number of furan rings is 1. The van der Waals surface area contributed by atoms with Crippen molar-refractivity contribution in [3.05, 3.63) is 78.0 Å². The number of para-hydroxylation sites is 1. The Kier molecular flexibility index (Phi) is 4.51. The van der Waals surface area contributed by atoms with E-state index < -0.39 is 11.7 Å². The van der Waals surface area contributed by atoms with Crippen molar-refractivity contribution in [1.82, 2.24) is 9.47 Å². The van der Waals surface area contributed by atoms with Crippen LogP contribution in [0.25, 0.3) is 5.69 Å². The molecule has 1 aliphatic heterocycles. The van der Waals surface area contributed by atoms with Crippen LogP contribution in [0.1, 0.15) is 22.3 Å². The van der Waals surface area contributed by atoms with E-state index in [1.165, 1.54) is 28.5 Å². The van der Waals surface area contributed by atoms with Crippen molar-refractivity contribution in [3.63, 3.8) is 0 Å². The second-order valence-electron chi connectivity index (χ2n) is 6.13. The molecule has 27 heavy (non-hydrogen) atoms. The minimum absolute atomic E-state index is 0.0233. The lowest BCUT2D eigenvalue weighted by Gasteiger charge is -2.22. The van der Waals surface area contributed by atoms with Gasteiger partial charge < -0.3 is 13.9 Å². The third-order valence-corrected chi connectivity index (χ3v) is 5.62. The van der Waals surface area contributed by atoms with E-state index in [0.717, 1.165) is 11.6 Å². The molecule has 8 heteroatoms. The van der Waals surface area contributed by atoms with Gasteiger partial charge in [-0.3, -0.25) is 4.79 Å². The molecule has 1 amide bonds. The van der Waals surface area contributed by atoms with E-state index >= 15 is 0 Å². The van der Waals surface area contributed by atoms with Crippen LogP contribution >= 0.6 is 11.8 Å². The van der Waals surface area contributed by atoms with Crippen molar-refractivity contribution in [2.45, 2.75) is 18.1 Å². The van der Waals surface area contributed by atoms with Crippen LogP contribution in [-0.4, -0.2) is 21.1 Å². The average Bonchev–Trinajstić information content (AvgIpc) is 3.37. The number of rotatable bonds is 4. The molecular formula is C19H15F3N2O2S. The molecule has 1 atom stereocenters. The standard InChI is InChI=1S/C19H15F3N2O2S/c20-19(21,22)15-5-1-2-6-16(15)23-8-7-13(10-23)18-24(17(25)12-27-18)11-14-4-3-9-26-14/h1-10,18H,11-12H2. The fourth-order valence-corrected chi connectivity index (χ4v) is 4.29. The van der Waals surface area contributed by atoms with Gasteiger partial charge in [-0.1, -0.05) is 12.1 Å². The minimum Gasteiger partial charge on any atom is -0.467 e. The van der Waals surface area contributed by atoms with Gasteiger partial charge in [-0.05, 0) is 30.3 Å². The van der Waals surface area contributed by atoms with Crippen molar-refractivity contribution < 1.29 is 22.4 Å². The second kappa shape index (κ2) is 6.84. The lowest BCUT2D eigenvalue weighted by molar-refractivity contribution is -0.137. The topological polar surface area (TPSA) is 38.4 Å². The van der Waals surface area contributed by atoms with Crippen LogP contribution in [0.4, 0.5) is 13.2 Å². The highest BCUT2D eigenvalue weighted by Crippen LogP contribution is 2.41. The van der Waals surface area contributed by atoms with Crippen LogP contribution in [0.15, 0.2) is 65.5 Å². The van der Waals surface area contributed by atoms with E-state index in [1.54, 1.807) is 47.8 Å². The first-order chi connectivity index (χ1) is 12.9. The Morgan fingerprint density at radius 3 is 2.70 bits per heavy atom. The van der Waals surface area contributed by atoms with Gasteiger partial charge in [-0.2, -0.15) is 13.2 Å². The summed E-state index contributed by atoms with van der Waals surface area (Å²) in [6.45, 7) is 0.327. The van der Waals surface area contributed by atoms with Crippen LogP contribution in [-0.2, 0) is 17.5 Å². The number of hydrogen-bond acceptors (Lipinski definition) is 3. The Morgan fingerprint density at radius 2 is 1.96 bits per heavy atom. The minimum atomic E-state index is -4.44. The van der Waals surface area contributed by atoms with Gasteiger partial charge in [0.05, 0.1) is 29.8 Å². The molecule has 0 N–H and O–H groups in total. The zero-order chi connectivity index (χ0) is 19.0. The van der Waals surface area contributed by atoms with Crippen molar-refractivity contribution in [1.29, 1.82) is 0 Å². The molecule has 140 valence electrons. The highest BCUT2D eigenvalue weighted by Gasteiger charge is 2.35. The Morgan fingerprint density at radius 1 is 1.15 bits per heavy atom. The highest BCUT2D eigenvalue weighted by atomic mass is 32.2. The predicted molar refractivity (Wildman–Crippen MR) is 95.2 cm³/mol. The molecule has 0 aliphatic carbocycles. The third-order valence-electron chi connectivity index (χ3n) is 4.36. The number of hydrogen-bond donors (Lipinski definition) is 0. The maximum Gasteiger partial charge on any atom is 0.418 e. The number of amides is 1. The summed E-state index contributed by atoms with van der Waals surface area (Å²) in [6.07, 6.45) is 0.345. The molecule has 1 aromatic carbocycles. The molecular weight excluding hydrogens is 377 g/mol. The molecule has 1 aliphatic rings. The van der Waals surface area contributed by atoms with Crippen LogP contribution in [0.5, 0.6) is 0 Å². The SMILES string of the molecule is O=C1CSC(c2ccn(-c3ccccc3C(F)(F)F)c2)N1Cc1ccco1. The van der Waals surface area contributed by atoms with E-state index in [4.69, 9.17) is 4.42 Å². The van der Waals surface area contributed by atoms with E-state index in [9.17, 15) is 18.0 Å². The predicted octanol–water partition coefficient (Wildman–Crippen LogP) is 4.86. The molecule has 4 nitrogen and oxygen atoms in total. The smallest absolute Gasteiger partial charge is 0.418 e. The summed E-state index contributed by atoms with van der Waals surface area (Å²) in [7, 11) is 0. The van der Waals surface area contributed by atoms with Gasteiger partial charge in [0.1, 0.15) is 11.1 Å². The van der Waals surface area contributed by atoms with E-state index in [0.29, 0.717) is 18.1 Å². The Bertz CT molecular complexity index is 950. The van der Waals surface area contributed by atoms with Crippen molar-refractivity contribution in [2.24, 2.45) is 0 Å². The molecule has 3 heterocycles. The van der Waals surface area contributed by atoms with Gasteiger partial charge in [0.2, 0.25) is 5.91 Å². The number of thioether (sulfide) groups is 1. The van der Waals surface area contributed by atoms with Crippen LogP contribution in [0.2, 0.25) is 0 Å². The van der Waals surface area contributed by atoms with Gasteiger partial charge in [0, 0.05) is 18.0 Å². The molecule has 1 fully saturated rings. The van der Waals surface area contributed by atoms with Gasteiger partial charge in [-0.25, -0.2) is 0 Å². The van der Waals surface area contributed by atoms with Crippen molar-refractivity contribution in [3.8, 4) is 5.69 Å². The zero-order valence-corrected chi connectivity index (χ0v) is 14.8. The summed E-state index contributed by atoms with van der Waals surface area (Å²) < 4.78 is 46.6. The molecule has 0 radical (unpaired) electrons. The third kappa shape index (κ3) is 3.49. The summed E-state index contributed by atoms with van der Waals surface area (Å²) >= 11 is 1.45. The number of nitrogens with zero attached hydrogens (tertiary/aromatic N) is 2. The molecule has 0 bridgehead atoms. The summed E-state index contributed by atoms with van der Waals surface area (Å²) in [5.74, 6) is 0.970. The fourth-order valence-electron chi connectivity index (χ4n) is 3.12. The normalized spacial score (nSPS) is 17.7. The summed E-state index contributed by atoms with van der Waals surface area (Å²) in [5, 5.41) is -0.262. The fraction of sp³-hybridized carbons (Fsp3) is 0.211. The van der Waals surface area contributed by atoms with E-state index in [1.807, 2.05) is 0 Å². The molecule has 0 saturated carbocycles. The first kappa shape index (κ1) is 17.8. The molecule has 3 aromatic rings. The van der Waals surface area contributed by atoms with E-state index in [2.05, 4.69) is 0 Å². The highest BCUT2D eigenvalue weighted by molar-refractivity contribution is 8.00. The van der Waals surface area contributed by atoms with Gasteiger partial charge in [0.15, 0.2) is 0 Å². The molecule has 2 aromatic heterocycles. The lowest BCUT2D eigenvalue weighted by Crippen LogP contribution is -2.27. The number of carbonyl (C=O) groups excluding carboxylic acids is 1. The Balaban J connectivity index is 1.64. The number of benzene rings is 1. The molecule has 1 unspecified atom stereocenters. The monoisotopic (exact) mass is 392 g/mol. The Hall–Kier alpha value is -2.61. The largest absolute Gasteiger partial charge is 0.467 e. The maximum absolute atomic E-state index is 13.3.